The van der Waals surface area contributed by atoms with Gasteiger partial charge in [0.25, 0.3) is 0 Å². The molecule has 0 aliphatic carbocycles. The van der Waals surface area contributed by atoms with Crippen LogP contribution in [0, 0.1) is 6.92 Å². The zero-order valence-electron chi connectivity index (χ0n) is 10.4. The van der Waals surface area contributed by atoms with Crippen LogP contribution in [0.15, 0.2) is 42.7 Å². The number of pyridine rings is 1. The lowest BCUT2D eigenvalue weighted by Gasteiger charge is -2.21. The maximum Gasteiger partial charge on any atom is 0.0464 e. The number of halogens is 2. The summed E-state index contributed by atoms with van der Waals surface area (Å²) in [6.07, 6.45) is 3.66. The molecule has 0 aliphatic heterocycles. The quantitative estimate of drug-likeness (QED) is 0.700. The van der Waals surface area contributed by atoms with Gasteiger partial charge in [-0.1, -0.05) is 46.6 Å². The Hall–Kier alpha value is -0.860. The van der Waals surface area contributed by atoms with Gasteiger partial charge < -0.3 is 0 Å². The van der Waals surface area contributed by atoms with Gasteiger partial charge >= 0.3 is 0 Å². The molecule has 0 aliphatic rings. The van der Waals surface area contributed by atoms with Crippen LogP contribution in [0.5, 0.6) is 0 Å². The molecule has 1 aromatic heterocycles. The van der Waals surface area contributed by atoms with Crippen molar-refractivity contribution in [1.82, 2.24) is 4.98 Å². The summed E-state index contributed by atoms with van der Waals surface area (Å²) in [4.78, 5) is 4.30. The van der Waals surface area contributed by atoms with Crippen LogP contribution in [0.4, 0.5) is 0 Å². The van der Waals surface area contributed by atoms with Gasteiger partial charge in [-0.05, 0) is 47.7 Å². The molecule has 18 heavy (non-hydrogen) atoms. The van der Waals surface area contributed by atoms with Crippen LogP contribution < -0.4 is 0 Å². The Morgan fingerprint density at radius 2 is 1.83 bits per heavy atom. The van der Waals surface area contributed by atoms with E-state index in [-0.39, 0.29) is 4.83 Å². The number of aromatic nitrogens is 1. The number of hydrogen-bond acceptors (Lipinski definition) is 1. The first-order chi connectivity index (χ1) is 8.61. The van der Waals surface area contributed by atoms with Gasteiger partial charge in [-0.2, -0.15) is 0 Å². The van der Waals surface area contributed by atoms with E-state index in [9.17, 15) is 0 Å². The van der Waals surface area contributed by atoms with Gasteiger partial charge in [0.05, 0.1) is 0 Å². The predicted molar refractivity (Wildman–Crippen MR) is 80.5 cm³/mol. The third-order valence-corrected chi connectivity index (χ3v) is 4.97. The second-order valence-corrected chi connectivity index (χ2v) is 5.82. The molecule has 94 valence electrons. The molecule has 0 saturated carbocycles. The molecule has 3 heteroatoms. The number of rotatable bonds is 3. The summed E-state index contributed by atoms with van der Waals surface area (Å²) in [5.41, 5.74) is 3.65. The lowest BCUT2D eigenvalue weighted by molar-refractivity contribution is 0.746. The smallest absolute Gasteiger partial charge is 0.0464 e. The van der Waals surface area contributed by atoms with Crippen molar-refractivity contribution in [3.63, 3.8) is 0 Å². The fourth-order valence-electron chi connectivity index (χ4n) is 2.03. The highest BCUT2D eigenvalue weighted by atomic mass is 79.9. The monoisotopic (exact) mass is 323 g/mol. The Morgan fingerprint density at radius 3 is 2.50 bits per heavy atom. The summed E-state index contributed by atoms with van der Waals surface area (Å²) in [5.74, 6) is 0.366. The third-order valence-electron chi connectivity index (χ3n) is 3.28. The highest BCUT2D eigenvalue weighted by molar-refractivity contribution is 9.09. The van der Waals surface area contributed by atoms with Crippen LogP contribution in [-0.4, -0.2) is 4.98 Å². The summed E-state index contributed by atoms with van der Waals surface area (Å²) in [5, 5.41) is 0.818. The molecule has 2 atom stereocenters. The molecule has 2 rings (SSSR count). The third kappa shape index (κ3) is 2.76. The first-order valence-electron chi connectivity index (χ1n) is 5.90. The van der Waals surface area contributed by atoms with E-state index in [4.69, 9.17) is 11.6 Å². The molecule has 0 N–H and O–H groups in total. The second kappa shape index (κ2) is 5.85. The summed E-state index contributed by atoms with van der Waals surface area (Å²) >= 11 is 9.97. The van der Waals surface area contributed by atoms with E-state index in [1.54, 1.807) is 0 Å². The lowest BCUT2D eigenvalue weighted by Crippen LogP contribution is -2.04. The number of benzene rings is 1. The van der Waals surface area contributed by atoms with Crippen LogP contribution in [0.2, 0.25) is 5.02 Å². The van der Waals surface area contributed by atoms with E-state index < -0.39 is 0 Å². The standard InChI is InChI=1S/C15H15BrClN/c1-10(12-6-8-18-9-7-12)15(16)13-4-3-5-14(17)11(13)2/h3-10,15H,1-2H3. The minimum Gasteiger partial charge on any atom is -0.265 e. The largest absolute Gasteiger partial charge is 0.265 e. The van der Waals surface area contributed by atoms with Crippen LogP contribution in [0.3, 0.4) is 0 Å². The summed E-state index contributed by atoms with van der Waals surface area (Å²) < 4.78 is 0. The fraction of sp³-hybridized carbons (Fsp3) is 0.267. The normalized spacial score (nSPS) is 14.2. The van der Waals surface area contributed by atoms with Crippen molar-refractivity contribution in [2.45, 2.75) is 24.6 Å². The zero-order valence-corrected chi connectivity index (χ0v) is 12.7. The van der Waals surface area contributed by atoms with E-state index in [0.717, 1.165) is 10.6 Å². The SMILES string of the molecule is Cc1c(Cl)cccc1C(Br)C(C)c1ccncc1. The molecule has 0 saturated heterocycles. The van der Waals surface area contributed by atoms with Gasteiger partial charge in [0.15, 0.2) is 0 Å². The fourth-order valence-corrected chi connectivity index (χ4v) is 3.01. The van der Waals surface area contributed by atoms with Crippen molar-refractivity contribution in [3.8, 4) is 0 Å². The van der Waals surface area contributed by atoms with Gasteiger partial charge in [-0.25, -0.2) is 0 Å². The van der Waals surface area contributed by atoms with Crippen LogP contribution >= 0.6 is 27.5 Å². The molecular weight excluding hydrogens is 310 g/mol. The highest BCUT2D eigenvalue weighted by Crippen LogP contribution is 2.40. The molecule has 2 aromatic rings. The molecule has 0 radical (unpaired) electrons. The number of alkyl halides is 1. The van der Waals surface area contributed by atoms with Crippen molar-refractivity contribution in [2.75, 3.05) is 0 Å². The van der Waals surface area contributed by atoms with E-state index in [0.29, 0.717) is 5.92 Å². The van der Waals surface area contributed by atoms with E-state index in [1.165, 1.54) is 11.1 Å². The molecule has 0 spiro atoms. The molecule has 0 bridgehead atoms. The maximum atomic E-state index is 6.18. The van der Waals surface area contributed by atoms with Gasteiger partial charge in [0, 0.05) is 22.2 Å². The van der Waals surface area contributed by atoms with E-state index in [1.807, 2.05) is 24.5 Å². The van der Waals surface area contributed by atoms with Crippen LogP contribution in [-0.2, 0) is 0 Å². The molecule has 1 heterocycles. The average molecular weight is 325 g/mol. The van der Waals surface area contributed by atoms with Gasteiger partial charge in [0.2, 0.25) is 0 Å². The minimum absolute atomic E-state index is 0.249. The Kier molecular flexibility index (Phi) is 4.41. The zero-order chi connectivity index (χ0) is 13.1. The van der Waals surface area contributed by atoms with Gasteiger partial charge in [-0.3, -0.25) is 4.98 Å². The summed E-state index contributed by atoms with van der Waals surface area (Å²) in [7, 11) is 0. The van der Waals surface area contributed by atoms with Crippen molar-refractivity contribution in [1.29, 1.82) is 0 Å². The Bertz CT molecular complexity index is 527. The molecule has 2 unspecified atom stereocenters. The Morgan fingerprint density at radius 1 is 1.17 bits per heavy atom. The van der Waals surface area contributed by atoms with Crippen molar-refractivity contribution in [2.24, 2.45) is 0 Å². The molecule has 0 amide bonds. The molecule has 1 nitrogen and oxygen atoms in total. The second-order valence-electron chi connectivity index (χ2n) is 4.43. The van der Waals surface area contributed by atoms with Crippen LogP contribution in [0.1, 0.15) is 34.4 Å². The average Bonchev–Trinajstić information content (AvgIpc) is 2.41. The van der Waals surface area contributed by atoms with Crippen molar-refractivity contribution < 1.29 is 0 Å². The van der Waals surface area contributed by atoms with Crippen molar-refractivity contribution >= 4 is 27.5 Å². The molecule has 1 aromatic carbocycles. The summed E-state index contributed by atoms with van der Waals surface area (Å²) in [6.45, 7) is 4.26. The minimum atomic E-state index is 0.249. The molecular formula is C15H15BrClN. The van der Waals surface area contributed by atoms with Crippen molar-refractivity contribution in [3.05, 3.63) is 64.4 Å². The first-order valence-corrected chi connectivity index (χ1v) is 7.19. The lowest BCUT2D eigenvalue weighted by atomic mass is 9.92. The van der Waals surface area contributed by atoms with Crippen LogP contribution in [0.25, 0.3) is 0 Å². The van der Waals surface area contributed by atoms with E-state index in [2.05, 4.69) is 53.0 Å². The number of nitrogens with zero attached hydrogens (tertiary/aromatic N) is 1. The Labute approximate surface area is 121 Å². The topological polar surface area (TPSA) is 12.9 Å². The maximum absolute atomic E-state index is 6.18. The highest BCUT2D eigenvalue weighted by Gasteiger charge is 2.20. The molecule has 0 fully saturated rings. The van der Waals surface area contributed by atoms with E-state index >= 15 is 0 Å². The van der Waals surface area contributed by atoms with Gasteiger partial charge in [0.1, 0.15) is 0 Å². The van der Waals surface area contributed by atoms with Gasteiger partial charge in [-0.15, -0.1) is 0 Å². The predicted octanol–water partition coefficient (Wildman–Crippen LogP) is 5.28. The number of hydrogen-bond donors (Lipinski definition) is 0. The Balaban J connectivity index is 2.31. The first kappa shape index (κ1) is 13.6. The summed E-state index contributed by atoms with van der Waals surface area (Å²) in [6, 6.07) is 10.2.